The zero-order valence-corrected chi connectivity index (χ0v) is 45.3. The number of ether oxygens (including phenoxy) is 2. The summed E-state index contributed by atoms with van der Waals surface area (Å²) >= 11 is 0. The summed E-state index contributed by atoms with van der Waals surface area (Å²) in [4.78, 5) is 15.3. The molecule has 0 aromatic heterocycles. The Bertz CT molecular complexity index is 924. The highest BCUT2D eigenvalue weighted by Crippen LogP contribution is 2.25. The number of carbonyl (C=O) groups excluding carboxylic acids is 1. The lowest BCUT2D eigenvalue weighted by atomic mass is 10.0. The fourth-order valence-electron chi connectivity index (χ4n) is 8.91. The number of unbranched alkanes of at least 4 members (excludes halogenated alkanes) is 26. The van der Waals surface area contributed by atoms with Crippen LogP contribution in [-0.4, -0.2) is 78.1 Å². The van der Waals surface area contributed by atoms with Crippen LogP contribution < -0.4 is 0 Å². The van der Waals surface area contributed by atoms with Crippen molar-refractivity contribution in [3.05, 3.63) is 0 Å². The van der Waals surface area contributed by atoms with Gasteiger partial charge in [-0.15, -0.1) is 0 Å². The van der Waals surface area contributed by atoms with E-state index in [0.29, 0.717) is 6.42 Å². The highest BCUT2D eigenvalue weighted by Gasteiger charge is 2.36. The molecule has 62 heavy (non-hydrogen) atoms. The molecule has 0 radical (unpaired) electrons. The Balaban J connectivity index is 4.66. The van der Waals surface area contributed by atoms with Crippen LogP contribution >= 0.6 is 0 Å². The van der Waals surface area contributed by atoms with Gasteiger partial charge in [0.1, 0.15) is 12.4 Å². The maximum absolute atomic E-state index is 12.8. The Morgan fingerprint density at radius 3 is 1.44 bits per heavy atom. The zero-order chi connectivity index (χ0) is 45.8. The van der Waals surface area contributed by atoms with Crippen LogP contribution in [0.25, 0.3) is 0 Å². The number of aliphatic hydroxyl groups excluding tert-OH is 1. The zero-order valence-electron chi connectivity index (χ0n) is 43.3. The number of aliphatic hydroxyl groups is 1. The third kappa shape index (κ3) is 42.3. The minimum atomic E-state index is -2.35. The van der Waals surface area contributed by atoms with E-state index in [1.165, 1.54) is 160 Å². The summed E-state index contributed by atoms with van der Waals surface area (Å²) in [6, 6.07) is 1.21. The molecule has 372 valence electrons. The second kappa shape index (κ2) is 44.5. The summed E-state index contributed by atoms with van der Waals surface area (Å²) in [5.41, 5.74) is 0. The maximum atomic E-state index is 12.8. The maximum Gasteiger partial charge on any atom is 0.323 e. The van der Waals surface area contributed by atoms with Crippen LogP contribution in [0.3, 0.4) is 0 Å². The van der Waals surface area contributed by atoms with Gasteiger partial charge in [0.25, 0.3) is 0 Å². The van der Waals surface area contributed by atoms with Gasteiger partial charge in [0, 0.05) is 19.6 Å². The van der Waals surface area contributed by atoms with Gasteiger partial charge in [0.2, 0.25) is 0 Å². The van der Waals surface area contributed by atoms with E-state index in [4.69, 9.17) is 18.0 Å². The predicted octanol–water partition coefficient (Wildman–Crippen LogP) is 16.6. The lowest BCUT2D eigenvalue weighted by Crippen LogP contribution is -2.48. The van der Waals surface area contributed by atoms with Gasteiger partial charge in [-0.2, -0.15) is 0 Å². The van der Waals surface area contributed by atoms with Gasteiger partial charge < -0.3 is 28.0 Å². The average molecular weight is 915 g/mol. The fraction of sp³-hybridized carbons (Fsp3) is 0.981. The van der Waals surface area contributed by atoms with Gasteiger partial charge in [-0.25, -0.2) is 0 Å². The summed E-state index contributed by atoms with van der Waals surface area (Å²) in [6.07, 6.45) is 43.2. The summed E-state index contributed by atoms with van der Waals surface area (Å²) in [6.45, 7) is 22.1. The predicted molar refractivity (Wildman–Crippen MR) is 274 cm³/mol. The van der Waals surface area contributed by atoms with Crippen molar-refractivity contribution in [2.45, 2.75) is 303 Å². The van der Waals surface area contributed by atoms with E-state index >= 15 is 0 Å². The van der Waals surface area contributed by atoms with E-state index in [-0.39, 0.29) is 25.0 Å². The van der Waals surface area contributed by atoms with Crippen LogP contribution in [0.2, 0.25) is 32.2 Å². The molecule has 0 aliphatic heterocycles. The van der Waals surface area contributed by atoms with Crippen LogP contribution in [0.4, 0.5) is 0 Å². The van der Waals surface area contributed by atoms with Crippen molar-refractivity contribution in [1.29, 1.82) is 0 Å². The molecule has 1 N–H and O–H groups in total. The van der Waals surface area contributed by atoms with Crippen LogP contribution in [-0.2, 0) is 22.8 Å². The van der Waals surface area contributed by atoms with Crippen molar-refractivity contribution < 1.29 is 27.9 Å². The molecule has 0 bridgehead atoms. The van der Waals surface area contributed by atoms with Crippen LogP contribution in [0.1, 0.15) is 259 Å². The molecule has 1 unspecified atom stereocenters. The molecule has 0 saturated heterocycles. The van der Waals surface area contributed by atoms with Crippen LogP contribution in [0.15, 0.2) is 0 Å². The van der Waals surface area contributed by atoms with Crippen molar-refractivity contribution in [1.82, 2.24) is 4.90 Å². The monoisotopic (exact) mass is 914 g/mol. The summed E-state index contributed by atoms with van der Waals surface area (Å²) in [5.74, 6) is 0.0203. The molecule has 0 aromatic carbocycles. The first-order valence-corrected chi connectivity index (χ1v) is 33.5. The Kier molecular flexibility index (Phi) is 44.3. The fourth-order valence-corrected chi connectivity index (χ4v) is 16.8. The first kappa shape index (κ1) is 61.7. The Hall–Kier alpha value is -0.296. The van der Waals surface area contributed by atoms with E-state index < -0.39 is 16.9 Å². The number of hydrogen-bond donors (Lipinski definition) is 1. The van der Waals surface area contributed by atoms with Crippen molar-refractivity contribution in [3.63, 3.8) is 0 Å². The first-order valence-electron chi connectivity index (χ1n) is 27.5. The highest BCUT2D eigenvalue weighted by atomic mass is 28.4. The molecule has 0 aliphatic carbocycles. The Morgan fingerprint density at radius 2 is 0.919 bits per heavy atom. The molecule has 0 aromatic rings. The van der Waals surface area contributed by atoms with E-state index in [0.717, 1.165) is 96.9 Å². The number of carbonyl (C=O) groups is 1. The molecule has 0 amide bonds. The van der Waals surface area contributed by atoms with Crippen LogP contribution in [0, 0.1) is 0 Å². The largest absolute Gasteiger partial charge is 0.462 e. The number of rotatable bonds is 50. The molecule has 0 aliphatic rings. The second-order valence-corrected chi connectivity index (χ2v) is 28.0. The SMILES string of the molecule is CCCCCCCCOC(CCCCCN(CCO)CCCCCCCC(=O)OC(CCCCCCCC)CCCCCCCC)O[Si](C)(C)O[Si](C)(C)CCCCCCCC. The molecule has 9 heteroatoms. The second-order valence-electron chi connectivity index (χ2n) is 20.1. The Morgan fingerprint density at radius 1 is 0.500 bits per heavy atom. The minimum absolute atomic E-state index is 0.0203. The smallest absolute Gasteiger partial charge is 0.323 e. The highest BCUT2D eigenvalue weighted by molar-refractivity contribution is 6.82. The third-order valence-electron chi connectivity index (χ3n) is 12.6. The molecule has 7 nitrogen and oxygen atoms in total. The molecule has 0 spiro atoms. The lowest BCUT2D eigenvalue weighted by Gasteiger charge is -2.36. The van der Waals surface area contributed by atoms with Gasteiger partial charge in [-0.05, 0) is 110 Å². The molecular formula is C53H111NO6Si2. The van der Waals surface area contributed by atoms with Gasteiger partial charge >= 0.3 is 14.5 Å². The van der Waals surface area contributed by atoms with Crippen molar-refractivity contribution in [2.75, 3.05) is 32.8 Å². The molecule has 0 heterocycles. The molecule has 0 saturated carbocycles. The lowest BCUT2D eigenvalue weighted by molar-refractivity contribution is -0.150. The van der Waals surface area contributed by atoms with E-state index in [1.807, 2.05) is 0 Å². The standard InChI is InChI=1S/C53H111NO6Si2/c1-9-13-17-21-26-33-41-51(42-34-27-22-18-14-10-2)58-52(56)43-35-28-25-29-37-45-54(47-48-55)46-38-32-36-44-53(57-49-39-30-23-19-15-11-3)59-62(7,8)60-61(5,6)50-40-31-24-20-16-12-4/h51,53,55H,9-50H2,1-8H3. The molecule has 0 rings (SSSR count). The molecule has 1 atom stereocenters. The van der Waals surface area contributed by atoms with E-state index in [2.05, 4.69) is 58.8 Å². The third-order valence-corrected chi connectivity index (χ3v) is 19.2. The minimum Gasteiger partial charge on any atom is -0.462 e. The van der Waals surface area contributed by atoms with Gasteiger partial charge in [-0.1, -0.05) is 188 Å². The normalized spacial score (nSPS) is 12.9. The number of hydrogen-bond acceptors (Lipinski definition) is 7. The van der Waals surface area contributed by atoms with Crippen molar-refractivity contribution in [2.24, 2.45) is 0 Å². The van der Waals surface area contributed by atoms with Gasteiger partial charge in [0.05, 0.1) is 6.61 Å². The number of esters is 1. The Labute approximate surface area is 390 Å². The first-order chi connectivity index (χ1) is 30.0. The molecule has 0 fully saturated rings. The summed E-state index contributed by atoms with van der Waals surface area (Å²) in [5, 5.41) is 9.80. The van der Waals surface area contributed by atoms with E-state index in [1.54, 1.807) is 0 Å². The van der Waals surface area contributed by atoms with E-state index in [9.17, 15) is 9.90 Å². The number of nitrogens with zero attached hydrogens (tertiary/aromatic N) is 1. The topological polar surface area (TPSA) is 77.5 Å². The summed E-state index contributed by atoms with van der Waals surface area (Å²) < 4.78 is 26.2. The van der Waals surface area contributed by atoms with Crippen LogP contribution in [0.5, 0.6) is 0 Å². The van der Waals surface area contributed by atoms with Crippen molar-refractivity contribution >= 4 is 22.8 Å². The average Bonchev–Trinajstić information content (AvgIpc) is 3.22. The molecular weight excluding hydrogens is 803 g/mol. The van der Waals surface area contributed by atoms with Gasteiger partial charge in [-0.3, -0.25) is 4.79 Å². The quantitative estimate of drug-likeness (QED) is 0.0282. The summed E-state index contributed by atoms with van der Waals surface area (Å²) in [7, 11) is -4.15. The van der Waals surface area contributed by atoms with Crippen molar-refractivity contribution in [3.8, 4) is 0 Å². The van der Waals surface area contributed by atoms with Gasteiger partial charge in [0.15, 0.2) is 8.32 Å².